The highest BCUT2D eigenvalue weighted by atomic mass is 16.2. The number of hydrogen-bond acceptors (Lipinski definition) is 3. The SMILES string of the molecule is O=CNCCNC(=O)CCNC=O. The van der Waals surface area contributed by atoms with Gasteiger partial charge in [-0.25, -0.2) is 0 Å². The van der Waals surface area contributed by atoms with Gasteiger partial charge >= 0.3 is 0 Å². The van der Waals surface area contributed by atoms with Gasteiger partial charge in [-0.15, -0.1) is 0 Å². The summed E-state index contributed by atoms with van der Waals surface area (Å²) in [4.78, 5) is 30.5. The van der Waals surface area contributed by atoms with Crippen LogP contribution in [-0.2, 0) is 14.4 Å². The highest BCUT2D eigenvalue weighted by molar-refractivity contribution is 5.76. The summed E-state index contributed by atoms with van der Waals surface area (Å²) < 4.78 is 0. The smallest absolute Gasteiger partial charge is 0.221 e. The molecular weight excluding hydrogens is 174 g/mol. The molecular formula is C7H13N3O3. The molecule has 6 heteroatoms. The fourth-order valence-electron chi connectivity index (χ4n) is 0.666. The number of hydrogen-bond donors (Lipinski definition) is 3. The fourth-order valence-corrected chi connectivity index (χ4v) is 0.666. The molecule has 0 aromatic carbocycles. The highest BCUT2D eigenvalue weighted by Gasteiger charge is 1.97. The van der Waals surface area contributed by atoms with E-state index in [0.717, 1.165) is 0 Å². The van der Waals surface area contributed by atoms with Gasteiger partial charge in [0.05, 0.1) is 0 Å². The van der Waals surface area contributed by atoms with E-state index in [-0.39, 0.29) is 12.3 Å². The maximum Gasteiger partial charge on any atom is 0.221 e. The van der Waals surface area contributed by atoms with Crippen molar-refractivity contribution in [1.29, 1.82) is 0 Å². The van der Waals surface area contributed by atoms with Crippen LogP contribution in [0.2, 0.25) is 0 Å². The van der Waals surface area contributed by atoms with Gasteiger partial charge in [-0.05, 0) is 0 Å². The number of amides is 3. The third kappa shape index (κ3) is 8.32. The van der Waals surface area contributed by atoms with Crippen LogP contribution < -0.4 is 16.0 Å². The first-order valence-corrected chi connectivity index (χ1v) is 3.92. The van der Waals surface area contributed by atoms with E-state index < -0.39 is 0 Å². The lowest BCUT2D eigenvalue weighted by atomic mass is 10.4. The minimum absolute atomic E-state index is 0.151. The van der Waals surface area contributed by atoms with Gasteiger partial charge < -0.3 is 16.0 Å². The Morgan fingerprint density at radius 3 is 2.23 bits per heavy atom. The zero-order valence-corrected chi connectivity index (χ0v) is 7.21. The lowest BCUT2D eigenvalue weighted by molar-refractivity contribution is -0.121. The van der Waals surface area contributed by atoms with Gasteiger partial charge in [0.15, 0.2) is 0 Å². The van der Waals surface area contributed by atoms with Crippen LogP contribution in [0.5, 0.6) is 0 Å². The molecule has 0 fully saturated rings. The fraction of sp³-hybridized carbons (Fsp3) is 0.571. The van der Waals surface area contributed by atoms with E-state index in [4.69, 9.17) is 0 Å². The minimum Gasteiger partial charge on any atom is -0.358 e. The van der Waals surface area contributed by atoms with E-state index in [2.05, 4.69) is 16.0 Å². The average Bonchev–Trinajstić information content (AvgIpc) is 2.13. The first-order chi connectivity index (χ1) is 6.31. The number of carbonyl (C=O) groups is 3. The second-order valence-corrected chi connectivity index (χ2v) is 2.24. The van der Waals surface area contributed by atoms with Gasteiger partial charge in [0.1, 0.15) is 0 Å². The molecule has 0 heterocycles. The Morgan fingerprint density at radius 2 is 1.62 bits per heavy atom. The van der Waals surface area contributed by atoms with Crippen LogP contribution in [0.4, 0.5) is 0 Å². The lowest BCUT2D eigenvalue weighted by Crippen LogP contribution is -2.32. The Labute approximate surface area is 76.1 Å². The summed E-state index contributed by atoms with van der Waals surface area (Å²) >= 11 is 0. The molecule has 0 saturated heterocycles. The summed E-state index contributed by atoms with van der Waals surface area (Å²) in [6.07, 6.45) is 1.36. The lowest BCUT2D eigenvalue weighted by Gasteiger charge is -2.03. The maximum absolute atomic E-state index is 10.9. The van der Waals surface area contributed by atoms with Gasteiger partial charge in [-0.1, -0.05) is 0 Å². The van der Waals surface area contributed by atoms with E-state index in [0.29, 0.717) is 32.5 Å². The van der Waals surface area contributed by atoms with Crippen LogP contribution in [0.15, 0.2) is 0 Å². The molecule has 0 rings (SSSR count). The Balaban J connectivity index is 3.19. The van der Waals surface area contributed by atoms with Crippen molar-refractivity contribution in [3.05, 3.63) is 0 Å². The second-order valence-electron chi connectivity index (χ2n) is 2.24. The quantitative estimate of drug-likeness (QED) is 0.303. The topological polar surface area (TPSA) is 87.3 Å². The predicted octanol–water partition coefficient (Wildman–Crippen LogP) is -2.02. The molecule has 74 valence electrons. The Kier molecular flexibility index (Phi) is 7.47. The van der Waals surface area contributed by atoms with E-state index in [1.807, 2.05) is 0 Å². The van der Waals surface area contributed by atoms with Gasteiger partial charge in [0.25, 0.3) is 0 Å². The van der Waals surface area contributed by atoms with Crippen molar-refractivity contribution in [2.45, 2.75) is 6.42 Å². The normalized spacial score (nSPS) is 8.62. The Bertz CT molecular complexity index is 172. The molecule has 0 saturated carbocycles. The highest BCUT2D eigenvalue weighted by Crippen LogP contribution is 1.74. The zero-order valence-electron chi connectivity index (χ0n) is 7.21. The van der Waals surface area contributed by atoms with Crippen molar-refractivity contribution in [3.63, 3.8) is 0 Å². The van der Waals surface area contributed by atoms with E-state index in [1.165, 1.54) is 0 Å². The summed E-state index contributed by atoms with van der Waals surface area (Å²) in [6, 6.07) is 0. The molecule has 0 unspecified atom stereocenters. The molecule has 3 amide bonds. The molecule has 0 aliphatic carbocycles. The van der Waals surface area contributed by atoms with Crippen molar-refractivity contribution < 1.29 is 14.4 Å². The summed E-state index contributed by atoms with van der Waals surface area (Å²) in [7, 11) is 0. The first-order valence-electron chi connectivity index (χ1n) is 3.92. The molecule has 0 atom stereocenters. The standard InChI is InChI=1S/C7H13N3O3/c11-5-8-2-1-7(13)10-4-3-9-6-12/h5-6H,1-4H2,(H,8,11)(H,9,12)(H,10,13). The minimum atomic E-state index is -0.151. The zero-order chi connectivity index (χ0) is 9.94. The first kappa shape index (κ1) is 11.4. The van der Waals surface area contributed by atoms with Crippen LogP contribution in [0.25, 0.3) is 0 Å². The molecule has 0 spiro atoms. The Hall–Kier alpha value is -1.59. The van der Waals surface area contributed by atoms with Gasteiger partial charge in [-0.2, -0.15) is 0 Å². The largest absolute Gasteiger partial charge is 0.358 e. The summed E-state index contributed by atoms with van der Waals surface area (Å²) in [5, 5.41) is 7.33. The number of rotatable bonds is 8. The molecule has 0 aromatic heterocycles. The van der Waals surface area contributed by atoms with Crippen molar-refractivity contribution in [3.8, 4) is 0 Å². The van der Waals surface area contributed by atoms with Crippen molar-refractivity contribution in [1.82, 2.24) is 16.0 Å². The van der Waals surface area contributed by atoms with Crippen LogP contribution in [0, 0.1) is 0 Å². The van der Waals surface area contributed by atoms with Crippen molar-refractivity contribution in [2.75, 3.05) is 19.6 Å². The molecule has 0 radical (unpaired) electrons. The van der Waals surface area contributed by atoms with E-state index >= 15 is 0 Å². The number of nitrogens with one attached hydrogen (secondary N) is 3. The van der Waals surface area contributed by atoms with Crippen LogP contribution in [0.1, 0.15) is 6.42 Å². The van der Waals surface area contributed by atoms with Gasteiger partial charge in [0, 0.05) is 26.1 Å². The van der Waals surface area contributed by atoms with Gasteiger partial charge in [-0.3, -0.25) is 14.4 Å². The van der Waals surface area contributed by atoms with Crippen LogP contribution >= 0.6 is 0 Å². The average molecular weight is 187 g/mol. The third-order valence-electron chi connectivity index (χ3n) is 1.25. The molecule has 13 heavy (non-hydrogen) atoms. The Morgan fingerprint density at radius 1 is 1.00 bits per heavy atom. The summed E-state index contributed by atoms with van der Waals surface area (Å²) in [6.45, 7) is 1.14. The monoisotopic (exact) mass is 187 g/mol. The third-order valence-corrected chi connectivity index (χ3v) is 1.25. The molecule has 0 aliphatic heterocycles. The molecule has 0 bridgehead atoms. The van der Waals surface area contributed by atoms with E-state index in [1.54, 1.807) is 0 Å². The summed E-state index contributed by atoms with van der Waals surface area (Å²) in [5.41, 5.74) is 0. The van der Waals surface area contributed by atoms with Crippen molar-refractivity contribution in [2.24, 2.45) is 0 Å². The maximum atomic E-state index is 10.9. The molecule has 6 nitrogen and oxygen atoms in total. The predicted molar refractivity (Wildman–Crippen MR) is 45.8 cm³/mol. The van der Waals surface area contributed by atoms with Gasteiger partial charge in [0.2, 0.25) is 18.7 Å². The molecule has 0 aliphatic rings. The van der Waals surface area contributed by atoms with Crippen molar-refractivity contribution >= 4 is 18.7 Å². The molecule has 0 aromatic rings. The molecule has 3 N–H and O–H groups in total. The van der Waals surface area contributed by atoms with Crippen LogP contribution in [0.3, 0.4) is 0 Å². The summed E-state index contributed by atoms with van der Waals surface area (Å²) in [5.74, 6) is -0.151. The van der Waals surface area contributed by atoms with E-state index in [9.17, 15) is 14.4 Å². The second kappa shape index (κ2) is 8.51. The van der Waals surface area contributed by atoms with Crippen LogP contribution in [-0.4, -0.2) is 38.4 Å². The number of carbonyl (C=O) groups excluding carboxylic acids is 3.